The minimum Gasteiger partial charge on any atom is -0.480 e. The molecule has 2 amide bonds. The van der Waals surface area contributed by atoms with Crippen molar-refractivity contribution < 1.29 is 14.7 Å². The number of carboxylic acids is 1. The number of urea groups is 1. The second-order valence-corrected chi connectivity index (χ2v) is 6.01. The second-order valence-electron chi connectivity index (χ2n) is 4.86. The van der Waals surface area contributed by atoms with Crippen LogP contribution in [-0.2, 0) is 4.79 Å². The zero-order chi connectivity index (χ0) is 13.8. The highest BCUT2D eigenvalue weighted by Gasteiger charge is 2.47. The van der Waals surface area contributed by atoms with E-state index in [2.05, 4.69) is 11.2 Å². The summed E-state index contributed by atoms with van der Waals surface area (Å²) in [6, 6.07) is -0.977. The lowest BCUT2D eigenvalue weighted by Crippen LogP contribution is -2.50. The van der Waals surface area contributed by atoms with Gasteiger partial charge in [-0.15, -0.1) is 24.1 Å². The topological polar surface area (TPSA) is 69.6 Å². The number of hydrogen-bond donors (Lipinski definition) is 2. The van der Waals surface area contributed by atoms with Gasteiger partial charge in [-0.05, 0) is 25.2 Å². The molecule has 19 heavy (non-hydrogen) atoms. The molecule has 2 unspecified atom stereocenters. The Morgan fingerprint density at radius 1 is 1.47 bits per heavy atom. The second kappa shape index (κ2) is 6.20. The molecule has 1 aliphatic carbocycles. The van der Waals surface area contributed by atoms with Crippen molar-refractivity contribution in [3.63, 3.8) is 0 Å². The molecule has 2 N–H and O–H groups in total. The van der Waals surface area contributed by atoms with Gasteiger partial charge in [0.05, 0.1) is 5.37 Å². The Morgan fingerprint density at radius 2 is 2.21 bits per heavy atom. The van der Waals surface area contributed by atoms with Gasteiger partial charge in [0.15, 0.2) is 0 Å². The van der Waals surface area contributed by atoms with Crippen LogP contribution in [0.4, 0.5) is 4.79 Å². The van der Waals surface area contributed by atoms with Crippen LogP contribution in [0.1, 0.15) is 25.7 Å². The summed E-state index contributed by atoms with van der Waals surface area (Å²) >= 11 is 1.58. The number of carbonyl (C=O) groups excluding carboxylic acids is 1. The number of thioether (sulfide) groups is 1. The number of terminal acetylenes is 1. The summed E-state index contributed by atoms with van der Waals surface area (Å²) in [6.07, 6.45) is 8.65. The first-order chi connectivity index (χ1) is 9.15. The predicted octanol–water partition coefficient (Wildman–Crippen LogP) is 1.35. The number of hydrogen-bond acceptors (Lipinski definition) is 3. The molecule has 5 nitrogen and oxygen atoms in total. The Labute approximate surface area is 117 Å². The highest BCUT2D eigenvalue weighted by molar-refractivity contribution is 8.00. The van der Waals surface area contributed by atoms with Crippen LogP contribution in [0.2, 0.25) is 0 Å². The number of amides is 2. The van der Waals surface area contributed by atoms with Crippen LogP contribution in [0, 0.1) is 18.3 Å². The van der Waals surface area contributed by atoms with E-state index in [1.54, 1.807) is 11.8 Å². The number of unbranched alkanes of at least 4 members (excludes halogenated alkanes) is 1. The maximum Gasteiger partial charge on any atom is 0.327 e. The summed E-state index contributed by atoms with van der Waals surface area (Å²) in [6.45, 7) is 0.494. The van der Waals surface area contributed by atoms with Gasteiger partial charge in [0.25, 0.3) is 0 Å². The summed E-state index contributed by atoms with van der Waals surface area (Å²) in [7, 11) is 0. The molecule has 0 bridgehead atoms. The standard InChI is InChI=1S/C13H18N2O3S/c1-2-3-4-7-14-13(18)15-10(12(16)17)8-19-11(15)9-5-6-9/h1,9-11H,3-8H2,(H,14,18)(H,16,17). The molecule has 6 heteroatoms. The minimum atomic E-state index is -0.922. The maximum atomic E-state index is 12.2. The molecule has 1 aliphatic heterocycles. The molecule has 2 aliphatic rings. The molecule has 2 fully saturated rings. The van der Waals surface area contributed by atoms with E-state index in [1.165, 1.54) is 4.90 Å². The Morgan fingerprint density at radius 3 is 2.79 bits per heavy atom. The summed E-state index contributed by atoms with van der Waals surface area (Å²) in [4.78, 5) is 24.9. The van der Waals surface area contributed by atoms with E-state index >= 15 is 0 Å². The molecule has 0 spiro atoms. The van der Waals surface area contributed by atoms with Crippen LogP contribution >= 0.6 is 11.8 Å². The molecule has 1 heterocycles. The van der Waals surface area contributed by atoms with Gasteiger partial charge in [-0.1, -0.05) is 0 Å². The highest BCUT2D eigenvalue weighted by Crippen LogP contribution is 2.45. The number of nitrogens with one attached hydrogen (secondary N) is 1. The van der Waals surface area contributed by atoms with E-state index in [0.29, 0.717) is 24.6 Å². The first-order valence-electron chi connectivity index (χ1n) is 6.49. The van der Waals surface area contributed by atoms with Gasteiger partial charge in [-0.2, -0.15) is 0 Å². The van der Waals surface area contributed by atoms with Crippen molar-refractivity contribution in [1.82, 2.24) is 10.2 Å². The zero-order valence-electron chi connectivity index (χ0n) is 10.7. The third kappa shape index (κ3) is 3.35. The first-order valence-corrected chi connectivity index (χ1v) is 7.54. The fourth-order valence-corrected chi connectivity index (χ4v) is 3.83. The molecule has 0 aromatic carbocycles. The summed E-state index contributed by atoms with van der Waals surface area (Å²) < 4.78 is 0. The molecule has 0 radical (unpaired) electrons. The number of rotatable bonds is 5. The van der Waals surface area contributed by atoms with Crippen molar-refractivity contribution in [3.8, 4) is 12.3 Å². The van der Waals surface area contributed by atoms with E-state index in [4.69, 9.17) is 6.42 Å². The fraction of sp³-hybridized carbons (Fsp3) is 0.692. The van der Waals surface area contributed by atoms with E-state index in [-0.39, 0.29) is 11.4 Å². The summed E-state index contributed by atoms with van der Waals surface area (Å²) in [5.41, 5.74) is 0. The lowest BCUT2D eigenvalue weighted by Gasteiger charge is -2.27. The smallest absolute Gasteiger partial charge is 0.327 e. The summed E-state index contributed by atoms with van der Waals surface area (Å²) in [5.74, 6) is 2.53. The molecule has 1 saturated carbocycles. The van der Waals surface area contributed by atoms with Crippen LogP contribution in [-0.4, -0.2) is 45.7 Å². The highest BCUT2D eigenvalue weighted by atomic mass is 32.2. The third-order valence-corrected chi connectivity index (χ3v) is 4.82. The molecular weight excluding hydrogens is 264 g/mol. The van der Waals surface area contributed by atoms with Crippen LogP contribution in [0.3, 0.4) is 0 Å². The molecule has 1 saturated heterocycles. The van der Waals surface area contributed by atoms with E-state index < -0.39 is 12.0 Å². The van der Waals surface area contributed by atoms with Gasteiger partial charge >= 0.3 is 12.0 Å². The third-order valence-electron chi connectivity index (χ3n) is 3.35. The van der Waals surface area contributed by atoms with Crippen molar-refractivity contribution >= 4 is 23.8 Å². The number of carbonyl (C=O) groups is 2. The fourth-order valence-electron chi connectivity index (χ4n) is 2.20. The molecule has 0 aromatic heterocycles. The monoisotopic (exact) mass is 282 g/mol. The van der Waals surface area contributed by atoms with Crippen LogP contribution < -0.4 is 5.32 Å². The molecule has 2 rings (SSSR count). The Hall–Kier alpha value is -1.35. The number of nitrogens with zero attached hydrogens (tertiary/aromatic N) is 1. The van der Waals surface area contributed by atoms with Crippen molar-refractivity contribution in [2.75, 3.05) is 12.3 Å². The van der Waals surface area contributed by atoms with Gasteiger partial charge in [0.2, 0.25) is 0 Å². The summed E-state index contributed by atoms with van der Waals surface area (Å²) in [5, 5.41) is 12.0. The predicted molar refractivity (Wildman–Crippen MR) is 73.7 cm³/mol. The van der Waals surface area contributed by atoms with Crippen molar-refractivity contribution in [2.24, 2.45) is 5.92 Å². The quantitative estimate of drug-likeness (QED) is 0.590. The van der Waals surface area contributed by atoms with Crippen LogP contribution in [0.15, 0.2) is 0 Å². The Kier molecular flexibility index (Phi) is 4.59. The lowest BCUT2D eigenvalue weighted by molar-refractivity contribution is -0.141. The van der Waals surface area contributed by atoms with Gasteiger partial charge in [-0.3, -0.25) is 4.90 Å². The van der Waals surface area contributed by atoms with Gasteiger partial charge in [0.1, 0.15) is 6.04 Å². The first kappa shape index (κ1) is 14.1. The number of aliphatic carboxylic acids is 1. The van der Waals surface area contributed by atoms with E-state index in [0.717, 1.165) is 19.3 Å². The maximum absolute atomic E-state index is 12.2. The zero-order valence-corrected chi connectivity index (χ0v) is 11.5. The van der Waals surface area contributed by atoms with Crippen molar-refractivity contribution in [1.29, 1.82) is 0 Å². The molecule has 104 valence electrons. The van der Waals surface area contributed by atoms with Crippen molar-refractivity contribution in [2.45, 2.75) is 37.1 Å². The molecule has 2 atom stereocenters. The average molecular weight is 282 g/mol. The van der Waals surface area contributed by atoms with Crippen LogP contribution in [0.25, 0.3) is 0 Å². The van der Waals surface area contributed by atoms with Crippen molar-refractivity contribution in [3.05, 3.63) is 0 Å². The molecular formula is C13H18N2O3S. The van der Waals surface area contributed by atoms with Gasteiger partial charge in [-0.25, -0.2) is 9.59 Å². The SMILES string of the molecule is C#CCCCNC(=O)N1C(C(=O)O)CSC1C1CC1. The van der Waals surface area contributed by atoms with E-state index in [1.807, 2.05) is 0 Å². The Bertz CT molecular complexity index is 403. The number of carboxylic acid groups (broad SMARTS) is 1. The molecule has 0 aromatic rings. The largest absolute Gasteiger partial charge is 0.480 e. The Balaban J connectivity index is 1.93. The van der Waals surface area contributed by atoms with E-state index in [9.17, 15) is 14.7 Å². The van der Waals surface area contributed by atoms with Gasteiger partial charge < -0.3 is 10.4 Å². The van der Waals surface area contributed by atoms with Gasteiger partial charge in [0, 0.05) is 18.7 Å². The van der Waals surface area contributed by atoms with Crippen LogP contribution in [0.5, 0.6) is 0 Å². The normalized spacial score (nSPS) is 25.9. The average Bonchev–Trinajstić information content (AvgIpc) is 3.12. The minimum absolute atomic E-state index is 0.0220. The lowest BCUT2D eigenvalue weighted by atomic mass is 10.2.